The van der Waals surface area contributed by atoms with E-state index in [4.69, 9.17) is 4.74 Å². The van der Waals surface area contributed by atoms with Gasteiger partial charge in [0.2, 0.25) is 0 Å². The largest absolute Gasteiger partial charge is 0.383 e. The molecule has 1 aliphatic heterocycles. The monoisotopic (exact) mass is 257 g/mol. The number of rotatable bonds is 3. The van der Waals surface area contributed by atoms with Gasteiger partial charge in [-0.15, -0.1) is 0 Å². The van der Waals surface area contributed by atoms with Crippen molar-refractivity contribution in [1.29, 1.82) is 0 Å². The van der Waals surface area contributed by atoms with Crippen LogP contribution in [0.1, 0.15) is 26.7 Å². The van der Waals surface area contributed by atoms with Crippen LogP contribution in [-0.4, -0.2) is 36.5 Å². The quantitative estimate of drug-likeness (QED) is 0.785. The van der Waals surface area contributed by atoms with E-state index >= 15 is 0 Å². The number of halogens is 4. The summed E-state index contributed by atoms with van der Waals surface area (Å²) in [6, 6.07) is -0.559. The highest BCUT2D eigenvalue weighted by atomic mass is 19.3. The molecule has 0 aliphatic carbocycles. The summed E-state index contributed by atoms with van der Waals surface area (Å²) in [4.78, 5) is 11.0. The summed E-state index contributed by atoms with van der Waals surface area (Å²) in [5, 5.41) is 1.95. The molecule has 1 aliphatic rings. The summed E-state index contributed by atoms with van der Waals surface area (Å²) in [6.45, 7) is 3.80. The number of amides is 1. The molecule has 0 spiro atoms. The van der Waals surface area contributed by atoms with E-state index in [1.165, 1.54) is 0 Å². The summed E-state index contributed by atoms with van der Waals surface area (Å²) < 4.78 is 54.6. The van der Waals surface area contributed by atoms with Crippen LogP contribution in [0.3, 0.4) is 0 Å². The molecule has 100 valence electrons. The summed E-state index contributed by atoms with van der Waals surface area (Å²) in [6.07, 6.45) is -3.33. The average Bonchev–Trinajstić information content (AvgIpc) is 2.15. The second-order valence-electron chi connectivity index (χ2n) is 4.70. The summed E-state index contributed by atoms with van der Waals surface area (Å²) >= 11 is 0. The lowest BCUT2D eigenvalue weighted by molar-refractivity contribution is -0.171. The van der Waals surface area contributed by atoms with Gasteiger partial charge in [0.05, 0.1) is 5.60 Å². The summed E-state index contributed by atoms with van der Waals surface area (Å²) in [5.41, 5.74) is -0.545. The van der Waals surface area contributed by atoms with Crippen molar-refractivity contribution >= 4 is 5.91 Å². The van der Waals surface area contributed by atoms with E-state index in [0.717, 1.165) is 0 Å². The Balaban J connectivity index is 2.57. The third kappa shape index (κ3) is 3.55. The smallest absolute Gasteiger partial charge is 0.375 e. The maximum absolute atomic E-state index is 12.7. The normalized spacial score (nSPS) is 24.8. The molecular formula is C10H15F4NO2. The van der Waals surface area contributed by atoms with Crippen molar-refractivity contribution in [2.24, 2.45) is 0 Å². The van der Waals surface area contributed by atoms with E-state index in [-0.39, 0.29) is 0 Å². The van der Waals surface area contributed by atoms with Gasteiger partial charge >= 0.3 is 12.3 Å². The standard InChI is InChI=1S/C10H15F4NO2/c1-9(2)5-6(3-4-17-9)15-8(16)10(13,14)7(11)12/h6-7H,3-5H2,1-2H3,(H,15,16). The van der Waals surface area contributed by atoms with E-state index in [2.05, 4.69) is 0 Å². The van der Waals surface area contributed by atoms with Gasteiger partial charge in [-0.2, -0.15) is 8.78 Å². The zero-order valence-electron chi connectivity index (χ0n) is 9.60. The van der Waals surface area contributed by atoms with Crippen molar-refractivity contribution in [3.05, 3.63) is 0 Å². The Bertz CT molecular complexity index is 294. The molecule has 1 heterocycles. The van der Waals surface area contributed by atoms with Gasteiger partial charge in [-0.1, -0.05) is 0 Å². The lowest BCUT2D eigenvalue weighted by atomic mass is 9.94. The Kier molecular flexibility index (Phi) is 4.01. The van der Waals surface area contributed by atoms with Crippen LogP contribution in [0.4, 0.5) is 17.6 Å². The molecule has 0 aromatic heterocycles. The minimum Gasteiger partial charge on any atom is -0.375 e. The Morgan fingerprint density at radius 2 is 2.06 bits per heavy atom. The third-order valence-electron chi connectivity index (χ3n) is 2.61. The zero-order valence-corrected chi connectivity index (χ0v) is 9.60. The molecule has 0 aromatic rings. The number of ether oxygens (including phenoxy) is 1. The number of hydrogen-bond donors (Lipinski definition) is 1. The third-order valence-corrected chi connectivity index (χ3v) is 2.61. The Labute approximate surface area is 96.5 Å². The minimum atomic E-state index is -4.64. The predicted molar refractivity (Wildman–Crippen MR) is 52.1 cm³/mol. The van der Waals surface area contributed by atoms with Crippen LogP contribution < -0.4 is 5.32 Å². The minimum absolute atomic E-state index is 0.304. The molecule has 1 saturated heterocycles. The Hall–Kier alpha value is -0.850. The van der Waals surface area contributed by atoms with Crippen molar-refractivity contribution < 1.29 is 27.1 Å². The SMILES string of the molecule is CC1(C)CC(NC(=O)C(F)(F)C(F)F)CCO1. The van der Waals surface area contributed by atoms with Gasteiger partial charge in [-0.05, 0) is 26.7 Å². The molecule has 0 aromatic carbocycles. The number of carbonyl (C=O) groups is 1. The maximum Gasteiger partial charge on any atom is 0.383 e. The van der Waals surface area contributed by atoms with E-state index in [9.17, 15) is 22.4 Å². The fraction of sp³-hybridized carbons (Fsp3) is 0.900. The van der Waals surface area contributed by atoms with Crippen LogP contribution in [0.2, 0.25) is 0 Å². The fourth-order valence-electron chi connectivity index (χ4n) is 1.74. The Morgan fingerprint density at radius 3 is 2.53 bits per heavy atom. The first-order valence-corrected chi connectivity index (χ1v) is 5.26. The zero-order chi connectivity index (χ0) is 13.3. The van der Waals surface area contributed by atoms with Crippen LogP contribution in [0.25, 0.3) is 0 Å². The first kappa shape index (κ1) is 14.2. The lowest BCUT2D eigenvalue weighted by Crippen LogP contribution is -2.52. The van der Waals surface area contributed by atoms with E-state index in [1.807, 2.05) is 5.32 Å². The highest BCUT2D eigenvalue weighted by Crippen LogP contribution is 2.27. The van der Waals surface area contributed by atoms with Crippen LogP contribution in [0.15, 0.2) is 0 Å². The van der Waals surface area contributed by atoms with Crippen LogP contribution in [0, 0.1) is 0 Å². The molecule has 1 N–H and O–H groups in total. The molecule has 1 fully saturated rings. The van der Waals surface area contributed by atoms with Gasteiger partial charge in [-0.25, -0.2) is 8.78 Å². The highest BCUT2D eigenvalue weighted by molar-refractivity contribution is 5.84. The molecule has 1 amide bonds. The first-order valence-electron chi connectivity index (χ1n) is 5.26. The summed E-state index contributed by atoms with van der Waals surface area (Å²) in [7, 11) is 0. The number of nitrogens with one attached hydrogen (secondary N) is 1. The average molecular weight is 257 g/mol. The van der Waals surface area contributed by atoms with E-state index in [1.54, 1.807) is 13.8 Å². The highest BCUT2D eigenvalue weighted by Gasteiger charge is 2.49. The molecule has 0 bridgehead atoms. The van der Waals surface area contributed by atoms with Gasteiger partial charge in [0.15, 0.2) is 0 Å². The number of hydrogen-bond acceptors (Lipinski definition) is 2. The topological polar surface area (TPSA) is 38.3 Å². The van der Waals surface area contributed by atoms with E-state index < -0.39 is 29.9 Å². The molecular weight excluding hydrogens is 242 g/mol. The van der Waals surface area contributed by atoms with Crippen LogP contribution in [0.5, 0.6) is 0 Å². The molecule has 1 unspecified atom stereocenters. The molecule has 0 saturated carbocycles. The van der Waals surface area contributed by atoms with Gasteiger partial charge in [-0.3, -0.25) is 4.79 Å². The van der Waals surface area contributed by atoms with Gasteiger partial charge in [0, 0.05) is 12.6 Å². The van der Waals surface area contributed by atoms with Crippen molar-refractivity contribution in [1.82, 2.24) is 5.32 Å². The second kappa shape index (κ2) is 4.80. The van der Waals surface area contributed by atoms with E-state index in [0.29, 0.717) is 19.4 Å². The Morgan fingerprint density at radius 1 is 1.47 bits per heavy atom. The predicted octanol–water partition coefficient (Wildman–Crippen LogP) is 1.96. The molecule has 1 atom stereocenters. The van der Waals surface area contributed by atoms with Crippen LogP contribution in [-0.2, 0) is 9.53 Å². The van der Waals surface area contributed by atoms with Crippen molar-refractivity contribution in [2.45, 2.75) is 50.7 Å². The van der Waals surface area contributed by atoms with Crippen molar-refractivity contribution in [3.8, 4) is 0 Å². The van der Waals surface area contributed by atoms with Crippen molar-refractivity contribution in [2.75, 3.05) is 6.61 Å². The lowest BCUT2D eigenvalue weighted by Gasteiger charge is -2.36. The molecule has 0 radical (unpaired) electrons. The number of carbonyl (C=O) groups excluding carboxylic acids is 1. The molecule has 1 rings (SSSR count). The summed E-state index contributed by atoms with van der Waals surface area (Å²) in [5.74, 6) is -6.56. The van der Waals surface area contributed by atoms with Gasteiger partial charge in [0.1, 0.15) is 0 Å². The molecule has 7 heteroatoms. The molecule has 17 heavy (non-hydrogen) atoms. The number of alkyl halides is 4. The second-order valence-corrected chi connectivity index (χ2v) is 4.70. The van der Waals surface area contributed by atoms with Gasteiger partial charge < -0.3 is 10.1 Å². The fourth-order valence-corrected chi connectivity index (χ4v) is 1.74. The van der Waals surface area contributed by atoms with Crippen molar-refractivity contribution in [3.63, 3.8) is 0 Å². The van der Waals surface area contributed by atoms with Crippen LogP contribution >= 0.6 is 0 Å². The first-order chi connectivity index (χ1) is 7.65. The van der Waals surface area contributed by atoms with Gasteiger partial charge in [0.25, 0.3) is 5.91 Å². The molecule has 3 nitrogen and oxygen atoms in total. The maximum atomic E-state index is 12.7.